The first-order chi connectivity index (χ1) is 4.72. The molecule has 56 valence electrons. The molecule has 1 unspecified atom stereocenters. The lowest BCUT2D eigenvalue weighted by Crippen LogP contribution is -1.99. The van der Waals surface area contributed by atoms with E-state index < -0.39 is 0 Å². The highest BCUT2D eigenvalue weighted by Gasteiger charge is 2.10. The van der Waals surface area contributed by atoms with Crippen LogP contribution in [-0.4, -0.2) is 7.11 Å². The Labute approximate surface area is 60.2 Å². The molecular weight excluding hydrogens is 131 g/mol. The third-order valence-electron chi connectivity index (χ3n) is 1.50. The van der Waals surface area contributed by atoms with Crippen molar-refractivity contribution in [1.29, 1.82) is 0 Å². The Morgan fingerprint density at radius 1 is 1.70 bits per heavy atom. The minimum absolute atomic E-state index is 0.0909. The van der Waals surface area contributed by atoms with Gasteiger partial charge in [-0.25, -0.2) is 4.39 Å². The highest BCUT2D eigenvalue weighted by atomic mass is 19.1. The van der Waals surface area contributed by atoms with Crippen molar-refractivity contribution in [3.05, 3.63) is 23.7 Å². The molecule has 1 nitrogen and oxygen atoms in total. The van der Waals surface area contributed by atoms with E-state index in [1.54, 1.807) is 7.11 Å². The summed E-state index contributed by atoms with van der Waals surface area (Å²) < 4.78 is 17.5. The number of hydrogen-bond acceptors (Lipinski definition) is 1. The Morgan fingerprint density at radius 2 is 2.40 bits per heavy atom. The topological polar surface area (TPSA) is 9.23 Å². The average Bonchev–Trinajstić information content (AvgIpc) is 1.85. The number of allylic oxidation sites excluding steroid dienone is 3. The minimum atomic E-state index is -0.0909. The van der Waals surface area contributed by atoms with Gasteiger partial charge in [-0.05, 0) is 12.0 Å². The van der Waals surface area contributed by atoms with E-state index in [4.69, 9.17) is 4.74 Å². The smallest absolute Gasteiger partial charge is 0.117 e. The molecule has 0 aromatic rings. The molecule has 1 aliphatic carbocycles. The maximum Gasteiger partial charge on any atom is 0.117 e. The van der Waals surface area contributed by atoms with Crippen molar-refractivity contribution in [1.82, 2.24) is 0 Å². The van der Waals surface area contributed by atoms with Crippen LogP contribution in [0.15, 0.2) is 23.7 Å². The van der Waals surface area contributed by atoms with Crippen LogP contribution >= 0.6 is 0 Å². The lowest BCUT2D eigenvalue weighted by atomic mass is 10.0. The van der Waals surface area contributed by atoms with Gasteiger partial charge in [-0.15, -0.1) is 0 Å². The van der Waals surface area contributed by atoms with Crippen molar-refractivity contribution in [2.75, 3.05) is 7.11 Å². The van der Waals surface area contributed by atoms with Gasteiger partial charge in [0, 0.05) is 12.5 Å². The third-order valence-corrected chi connectivity index (χ3v) is 1.50. The summed E-state index contributed by atoms with van der Waals surface area (Å²) in [5.74, 6) is 0.808. The predicted molar refractivity (Wildman–Crippen MR) is 38.1 cm³/mol. The highest BCUT2D eigenvalue weighted by Crippen LogP contribution is 2.22. The Kier molecular flexibility index (Phi) is 2.10. The molecule has 0 N–H and O–H groups in total. The molecule has 0 heterocycles. The molecule has 0 aromatic carbocycles. The Hall–Kier alpha value is -0.790. The van der Waals surface area contributed by atoms with Gasteiger partial charge in [0.2, 0.25) is 0 Å². The van der Waals surface area contributed by atoms with Gasteiger partial charge in [0.25, 0.3) is 0 Å². The van der Waals surface area contributed by atoms with Crippen LogP contribution in [0.2, 0.25) is 0 Å². The van der Waals surface area contributed by atoms with Gasteiger partial charge in [-0.3, -0.25) is 0 Å². The number of rotatable bonds is 1. The molecule has 1 aliphatic rings. The van der Waals surface area contributed by atoms with Crippen molar-refractivity contribution in [3.63, 3.8) is 0 Å². The summed E-state index contributed by atoms with van der Waals surface area (Å²) >= 11 is 0. The molecule has 0 saturated heterocycles. The Balaban J connectivity index is 2.72. The largest absolute Gasteiger partial charge is 0.497 e. The Bertz CT molecular complexity index is 182. The van der Waals surface area contributed by atoms with Crippen LogP contribution in [0.4, 0.5) is 4.39 Å². The fourth-order valence-electron chi connectivity index (χ4n) is 1.04. The van der Waals surface area contributed by atoms with E-state index in [2.05, 4.69) is 0 Å². The summed E-state index contributed by atoms with van der Waals surface area (Å²) in [5.41, 5.74) is 0. The summed E-state index contributed by atoms with van der Waals surface area (Å²) in [4.78, 5) is 0. The van der Waals surface area contributed by atoms with Crippen molar-refractivity contribution in [2.45, 2.75) is 13.3 Å². The molecule has 0 radical (unpaired) electrons. The number of hydrogen-bond donors (Lipinski definition) is 0. The second kappa shape index (κ2) is 2.86. The molecular formula is C8H11FO. The fraction of sp³-hybridized carbons (Fsp3) is 0.500. The van der Waals surface area contributed by atoms with Crippen LogP contribution in [0, 0.1) is 5.92 Å². The molecule has 0 aliphatic heterocycles. The van der Waals surface area contributed by atoms with E-state index in [-0.39, 0.29) is 11.7 Å². The van der Waals surface area contributed by atoms with Gasteiger partial charge < -0.3 is 4.74 Å². The standard InChI is InChI=1S/C8H11FO/c1-6-3-7(9)5-8(4-6)10-2/h4-6H,3H2,1-2H3. The highest BCUT2D eigenvalue weighted by molar-refractivity contribution is 5.21. The van der Waals surface area contributed by atoms with E-state index in [1.165, 1.54) is 6.08 Å². The van der Waals surface area contributed by atoms with Gasteiger partial charge in [-0.1, -0.05) is 6.92 Å². The second-order valence-corrected chi connectivity index (χ2v) is 2.55. The Morgan fingerprint density at radius 3 is 2.90 bits per heavy atom. The van der Waals surface area contributed by atoms with Crippen LogP contribution in [0.1, 0.15) is 13.3 Å². The second-order valence-electron chi connectivity index (χ2n) is 2.55. The fourth-order valence-corrected chi connectivity index (χ4v) is 1.04. The molecule has 0 bridgehead atoms. The van der Waals surface area contributed by atoms with Gasteiger partial charge in [0.1, 0.15) is 11.6 Å². The van der Waals surface area contributed by atoms with Crippen molar-refractivity contribution < 1.29 is 9.13 Å². The summed E-state index contributed by atoms with van der Waals surface area (Å²) in [6, 6.07) is 0. The van der Waals surface area contributed by atoms with Gasteiger partial charge in [-0.2, -0.15) is 0 Å². The summed E-state index contributed by atoms with van der Waals surface area (Å²) in [6.45, 7) is 1.96. The average molecular weight is 142 g/mol. The molecule has 0 fully saturated rings. The summed E-state index contributed by atoms with van der Waals surface area (Å²) in [7, 11) is 1.55. The van der Waals surface area contributed by atoms with Crippen LogP contribution in [0.25, 0.3) is 0 Å². The number of halogens is 1. The monoisotopic (exact) mass is 142 g/mol. The van der Waals surface area contributed by atoms with Gasteiger partial charge in [0.05, 0.1) is 7.11 Å². The molecule has 0 aromatic heterocycles. The van der Waals surface area contributed by atoms with Crippen molar-refractivity contribution in [2.24, 2.45) is 5.92 Å². The van der Waals surface area contributed by atoms with Crippen LogP contribution < -0.4 is 0 Å². The number of ether oxygens (including phenoxy) is 1. The molecule has 2 heteroatoms. The first-order valence-electron chi connectivity index (χ1n) is 3.34. The SMILES string of the molecule is COC1=CC(C)CC(F)=C1. The quantitative estimate of drug-likeness (QED) is 0.546. The zero-order valence-corrected chi connectivity index (χ0v) is 6.23. The molecule has 0 spiro atoms. The van der Waals surface area contributed by atoms with Crippen molar-refractivity contribution >= 4 is 0 Å². The molecule has 0 saturated carbocycles. The minimum Gasteiger partial charge on any atom is -0.497 e. The zero-order chi connectivity index (χ0) is 7.56. The predicted octanol–water partition coefficient (Wildman–Crippen LogP) is 2.41. The lowest BCUT2D eigenvalue weighted by molar-refractivity contribution is 0.295. The molecule has 1 rings (SSSR count). The number of methoxy groups -OCH3 is 1. The van der Waals surface area contributed by atoms with E-state index in [0.29, 0.717) is 12.2 Å². The van der Waals surface area contributed by atoms with Gasteiger partial charge >= 0.3 is 0 Å². The molecule has 10 heavy (non-hydrogen) atoms. The van der Waals surface area contributed by atoms with Crippen LogP contribution in [0.3, 0.4) is 0 Å². The third kappa shape index (κ3) is 1.59. The maximum atomic E-state index is 12.6. The zero-order valence-electron chi connectivity index (χ0n) is 6.23. The van der Waals surface area contributed by atoms with Crippen LogP contribution in [0.5, 0.6) is 0 Å². The lowest BCUT2D eigenvalue weighted by Gasteiger charge is -2.12. The first-order valence-corrected chi connectivity index (χ1v) is 3.34. The van der Waals surface area contributed by atoms with E-state index in [1.807, 2.05) is 13.0 Å². The van der Waals surface area contributed by atoms with Gasteiger partial charge in [0.15, 0.2) is 0 Å². The van der Waals surface area contributed by atoms with E-state index >= 15 is 0 Å². The summed E-state index contributed by atoms with van der Waals surface area (Å²) in [6.07, 6.45) is 3.86. The first kappa shape index (κ1) is 7.32. The molecule has 0 amide bonds. The summed E-state index contributed by atoms with van der Waals surface area (Å²) in [5, 5.41) is 0. The normalized spacial score (nSPS) is 25.3. The molecule has 1 atom stereocenters. The maximum absolute atomic E-state index is 12.6. The van der Waals surface area contributed by atoms with Crippen LogP contribution in [-0.2, 0) is 4.74 Å². The van der Waals surface area contributed by atoms with E-state index in [0.717, 1.165) is 0 Å². The van der Waals surface area contributed by atoms with Crippen molar-refractivity contribution in [3.8, 4) is 0 Å². The van der Waals surface area contributed by atoms with E-state index in [9.17, 15) is 4.39 Å².